The molecular weight excluding hydrogens is 442 g/mol. The number of carbonyl (C=O) groups excluding carboxylic acids is 1. The summed E-state index contributed by atoms with van der Waals surface area (Å²) in [4.78, 5) is 19.9. The third-order valence-corrected chi connectivity index (χ3v) is 5.13. The van der Waals surface area contributed by atoms with Crippen molar-refractivity contribution in [2.24, 2.45) is 0 Å². The number of fused-ring (bicyclic) bond motifs is 1. The molecule has 1 amide bonds. The molecule has 2 aromatic rings. The van der Waals surface area contributed by atoms with Crippen molar-refractivity contribution in [1.82, 2.24) is 15.3 Å². The van der Waals surface area contributed by atoms with E-state index in [1.165, 1.54) is 21.5 Å². The van der Waals surface area contributed by atoms with E-state index in [-0.39, 0.29) is 28.3 Å². The summed E-state index contributed by atoms with van der Waals surface area (Å²) in [6.45, 7) is 1.02. The fourth-order valence-corrected chi connectivity index (χ4v) is 3.69. The maximum atomic E-state index is 14.2. The average molecular weight is 458 g/mol. The van der Waals surface area contributed by atoms with Crippen LogP contribution >= 0.6 is 9.24 Å². The monoisotopic (exact) mass is 458 g/mol. The number of cyclic esters (lactones) is 1. The summed E-state index contributed by atoms with van der Waals surface area (Å²) in [5.41, 5.74) is -4.40. The van der Waals surface area contributed by atoms with Gasteiger partial charge in [0, 0.05) is 18.3 Å². The van der Waals surface area contributed by atoms with Crippen LogP contribution < -0.4 is 10.6 Å². The van der Waals surface area contributed by atoms with Gasteiger partial charge in [-0.25, -0.2) is 14.8 Å². The second-order valence-electron chi connectivity index (χ2n) is 7.02. The molecule has 2 aliphatic rings. The summed E-state index contributed by atoms with van der Waals surface area (Å²) in [5.74, 6) is -0.222. The summed E-state index contributed by atoms with van der Waals surface area (Å²) >= 11 is 0. The molecule has 2 N–H and O–H groups in total. The van der Waals surface area contributed by atoms with Crippen LogP contribution in [0.15, 0.2) is 30.5 Å². The predicted molar refractivity (Wildman–Crippen MR) is 105 cm³/mol. The highest BCUT2D eigenvalue weighted by molar-refractivity contribution is 7.18. The van der Waals surface area contributed by atoms with E-state index < -0.39 is 29.6 Å². The highest BCUT2D eigenvalue weighted by Gasteiger charge is 2.45. The molecule has 0 saturated heterocycles. The topological polar surface area (TPSA) is 76.1 Å². The smallest absolute Gasteiger partial charge is 0.416 e. The molecule has 4 rings (SSSR count). The minimum atomic E-state index is -4.68. The Balaban J connectivity index is 1.94. The van der Waals surface area contributed by atoms with Crippen molar-refractivity contribution in [2.75, 3.05) is 18.4 Å². The molecule has 4 heterocycles. The Kier molecular flexibility index (Phi) is 5.43. The van der Waals surface area contributed by atoms with Gasteiger partial charge < -0.3 is 10.1 Å². The average Bonchev–Trinajstić information content (AvgIpc) is 2.71. The maximum Gasteiger partial charge on any atom is 0.416 e. The van der Waals surface area contributed by atoms with Gasteiger partial charge in [-0.15, -0.1) is 0 Å². The standard InChI is InChI=1S/C19H16F5N4O2P/c20-18(21,22)10-6-12(9-2-1-4-25-8-9)27-13(7-10)11-3-5-26-16-14(11)15(19(23,24)31)30-17(29)28-16/h2-3,5-7,15,25H,1,4,8,31H2,(H,26,28,29)/t15-/m1/s1. The molecule has 2 aromatic heterocycles. The summed E-state index contributed by atoms with van der Waals surface area (Å²) < 4.78 is 74.0. The number of nitrogens with zero attached hydrogens (tertiary/aromatic N) is 2. The molecule has 0 radical (unpaired) electrons. The molecule has 0 fully saturated rings. The molecule has 2 aliphatic heterocycles. The van der Waals surface area contributed by atoms with Crippen LogP contribution in [0, 0.1) is 0 Å². The Bertz CT molecular complexity index is 1070. The van der Waals surface area contributed by atoms with Crippen LogP contribution in [0.2, 0.25) is 0 Å². The number of alkyl halides is 5. The lowest BCUT2D eigenvalue weighted by molar-refractivity contribution is -0.137. The Morgan fingerprint density at radius 1 is 1.16 bits per heavy atom. The van der Waals surface area contributed by atoms with Crippen LogP contribution in [0.5, 0.6) is 0 Å². The van der Waals surface area contributed by atoms with Gasteiger partial charge in [0.2, 0.25) is 0 Å². The zero-order chi connectivity index (χ0) is 22.4. The summed E-state index contributed by atoms with van der Waals surface area (Å²) in [6.07, 6.45) is -4.29. The molecule has 0 saturated carbocycles. The maximum absolute atomic E-state index is 14.2. The molecule has 0 bridgehead atoms. The van der Waals surface area contributed by atoms with Crippen LogP contribution in [0.1, 0.15) is 29.3 Å². The first-order chi connectivity index (χ1) is 14.5. The van der Waals surface area contributed by atoms with E-state index in [0.29, 0.717) is 25.1 Å². The number of hydrogen-bond donors (Lipinski definition) is 2. The minimum Gasteiger partial charge on any atom is -0.434 e. The van der Waals surface area contributed by atoms with Gasteiger partial charge in [-0.2, -0.15) is 22.0 Å². The van der Waals surface area contributed by atoms with Gasteiger partial charge >= 0.3 is 12.3 Å². The van der Waals surface area contributed by atoms with E-state index in [2.05, 4.69) is 20.6 Å². The van der Waals surface area contributed by atoms with Gasteiger partial charge in [0.1, 0.15) is 5.82 Å². The van der Waals surface area contributed by atoms with Crippen molar-refractivity contribution >= 4 is 26.7 Å². The van der Waals surface area contributed by atoms with Gasteiger partial charge in [0.25, 0.3) is 5.66 Å². The van der Waals surface area contributed by atoms with Crippen LogP contribution in [0.3, 0.4) is 0 Å². The van der Waals surface area contributed by atoms with Crippen molar-refractivity contribution in [3.8, 4) is 11.3 Å². The van der Waals surface area contributed by atoms with Gasteiger partial charge in [-0.1, -0.05) is 15.3 Å². The fourth-order valence-electron chi connectivity index (χ4n) is 3.46. The molecule has 2 atom stereocenters. The summed E-state index contributed by atoms with van der Waals surface area (Å²) in [6, 6.07) is 2.98. The minimum absolute atomic E-state index is 0.0474. The first-order valence-electron chi connectivity index (χ1n) is 9.17. The second kappa shape index (κ2) is 7.80. The van der Waals surface area contributed by atoms with E-state index in [0.717, 1.165) is 12.1 Å². The Hall–Kier alpha value is -2.65. The number of rotatable bonds is 3. The van der Waals surface area contributed by atoms with Crippen molar-refractivity contribution in [3.05, 3.63) is 47.3 Å². The summed E-state index contributed by atoms with van der Waals surface area (Å²) in [5, 5.41) is 5.27. The van der Waals surface area contributed by atoms with Crippen molar-refractivity contribution in [2.45, 2.75) is 24.4 Å². The number of ether oxygens (including phenoxy) is 1. The second-order valence-corrected chi connectivity index (χ2v) is 7.79. The first-order valence-corrected chi connectivity index (χ1v) is 9.75. The lowest BCUT2D eigenvalue weighted by Gasteiger charge is -2.30. The van der Waals surface area contributed by atoms with Gasteiger partial charge in [0.15, 0.2) is 6.10 Å². The number of amides is 1. The number of carbonyl (C=O) groups is 1. The molecule has 6 nitrogen and oxygen atoms in total. The quantitative estimate of drug-likeness (QED) is 0.519. The van der Waals surface area contributed by atoms with Crippen molar-refractivity contribution in [1.29, 1.82) is 0 Å². The molecule has 164 valence electrons. The Labute approximate surface area is 175 Å². The molecule has 0 aromatic carbocycles. The largest absolute Gasteiger partial charge is 0.434 e. The lowest BCUT2D eigenvalue weighted by atomic mass is 9.97. The predicted octanol–water partition coefficient (Wildman–Crippen LogP) is 4.61. The van der Waals surface area contributed by atoms with Crippen LogP contribution in [-0.2, 0) is 10.9 Å². The third kappa shape index (κ3) is 4.38. The van der Waals surface area contributed by atoms with Crippen molar-refractivity contribution in [3.63, 3.8) is 0 Å². The van der Waals surface area contributed by atoms with E-state index in [1.807, 2.05) is 0 Å². The number of hydrogen-bond acceptors (Lipinski definition) is 5. The van der Waals surface area contributed by atoms with Crippen LogP contribution in [0.4, 0.5) is 32.6 Å². The Morgan fingerprint density at radius 3 is 2.55 bits per heavy atom. The third-order valence-electron chi connectivity index (χ3n) is 4.83. The van der Waals surface area contributed by atoms with Gasteiger partial charge in [-0.05, 0) is 36.7 Å². The van der Waals surface area contributed by atoms with Gasteiger partial charge in [0.05, 0.1) is 22.5 Å². The molecular formula is C19H16F5N4O2P. The highest BCUT2D eigenvalue weighted by Crippen LogP contribution is 2.47. The van der Waals surface area contributed by atoms with E-state index in [9.17, 15) is 26.7 Å². The number of halogens is 5. The molecule has 31 heavy (non-hydrogen) atoms. The normalized spacial score (nSPS) is 19.2. The van der Waals surface area contributed by atoms with E-state index >= 15 is 0 Å². The zero-order valence-corrected chi connectivity index (χ0v) is 16.9. The molecule has 0 spiro atoms. The van der Waals surface area contributed by atoms with Gasteiger partial charge in [-0.3, -0.25) is 5.32 Å². The van der Waals surface area contributed by atoms with Crippen LogP contribution in [0.25, 0.3) is 16.8 Å². The summed E-state index contributed by atoms with van der Waals surface area (Å²) in [7, 11) is 1.28. The molecule has 12 heteroatoms. The zero-order valence-electron chi connectivity index (χ0n) is 15.8. The number of anilines is 1. The Morgan fingerprint density at radius 2 is 1.90 bits per heavy atom. The lowest BCUT2D eigenvalue weighted by Crippen LogP contribution is -2.33. The van der Waals surface area contributed by atoms with Crippen LogP contribution in [-0.4, -0.2) is 34.8 Å². The van der Waals surface area contributed by atoms with E-state index in [1.54, 1.807) is 6.08 Å². The van der Waals surface area contributed by atoms with Crippen molar-refractivity contribution < 1.29 is 31.5 Å². The number of nitrogens with one attached hydrogen (secondary N) is 2. The SMILES string of the molecule is O=C1Nc2nccc(-c3cc(C(F)(F)F)cc(C4=CCCNC4)n3)c2[C@H](C(F)(F)P)O1. The number of aromatic nitrogens is 2. The first kappa shape index (κ1) is 21.6. The highest BCUT2D eigenvalue weighted by atomic mass is 31.0. The molecule has 1 unspecified atom stereocenters. The molecule has 0 aliphatic carbocycles. The number of pyridine rings is 2. The fraction of sp³-hybridized carbons (Fsp3) is 0.316. The van der Waals surface area contributed by atoms with E-state index in [4.69, 9.17) is 4.74 Å².